The molecule has 9 heteroatoms. The van der Waals surface area contributed by atoms with E-state index >= 15 is 0 Å². The topological polar surface area (TPSA) is 88.7 Å². The Bertz CT molecular complexity index is 1020. The first-order chi connectivity index (χ1) is 12.8. The van der Waals surface area contributed by atoms with Gasteiger partial charge in [0, 0.05) is 43.3 Å². The van der Waals surface area contributed by atoms with E-state index in [1.807, 2.05) is 12.1 Å². The molecule has 0 unspecified atom stereocenters. The van der Waals surface area contributed by atoms with Gasteiger partial charge in [-0.05, 0) is 23.6 Å². The Hall–Kier alpha value is -3.07. The average molecular weight is 367 g/mol. The quantitative estimate of drug-likeness (QED) is 0.594. The lowest BCUT2D eigenvalue weighted by Crippen LogP contribution is -2.46. The summed E-state index contributed by atoms with van der Waals surface area (Å²) in [4.78, 5) is 13.7. The van der Waals surface area contributed by atoms with Crippen molar-refractivity contribution in [2.75, 3.05) is 41.7 Å². The van der Waals surface area contributed by atoms with Crippen LogP contribution in [0.5, 0.6) is 0 Å². The second-order valence-electron chi connectivity index (χ2n) is 6.11. The number of nitrogen functional groups attached to an aromatic ring is 1. The summed E-state index contributed by atoms with van der Waals surface area (Å²) < 4.78 is 6.91. The van der Waals surface area contributed by atoms with E-state index in [1.165, 1.54) is 5.69 Å². The molecule has 0 amide bonds. The molecule has 132 valence electrons. The van der Waals surface area contributed by atoms with Crippen molar-refractivity contribution in [1.82, 2.24) is 19.6 Å². The number of furan rings is 1. The fourth-order valence-electron chi connectivity index (χ4n) is 3.20. The summed E-state index contributed by atoms with van der Waals surface area (Å²) in [6.07, 6.45) is 1.60. The van der Waals surface area contributed by atoms with Gasteiger partial charge in [-0.3, -0.25) is 0 Å². The van der Waals surface area contributed by atoms with Gasteiger partial charge in [0.1, 0.15) is 5.82 Å². The summed E-state index contributed by atoms with van der Waals surface area (Å²) in [5.74, 6) is 2.27. The zero-order valence-corrected chi connectivity index (χ0v) is 14.8. The second kappa shape index (κ2) is 6.03. The van der Waals surface area contributed by atoms with Crippen molar-refractivity contribution in [3.63, 3.8) is 0 Å². The van der Waals surface area contributed by atoms with Gasteiger partial charge >= 0.3 is 0 Å². The zero-order chi connectivity index (χ0) is 17.5. The van der Waals surface area contributed by atoms with E-state index < -0.39 is 0 Å². The van der Waals surface area contributed by atoms with Crippen LogP contribution in [0.15, 0.2) is 45.7 Å². The number of anilines is 3. The maximum atomic E-state index is 6.12. The molecule has 0 bridgehead atoms. The Morgan fingerprint density at radius 2 is 1.92 bits per heavy atom. The van der Waals surface area contributed by atoms with Crippen molar-refractivity contribution in [1.29, 1.82) is 0 Å². The molecule has 0 atom stereocenters. The van der Waals surface area contributed by atoms with Crippen LogP contribution in [0.3, 0.4) is 0 Å². The smallest absolute Gasteiger partial charge is 0.225 e. The Morgan fingerprint density at radius 1 is 1.08 bits per heavy atom. The lowest BCUT2D eigenvalue weighted by Gasteiger charge is -2.36. The third-order valence-electron chi connectivity index (χ3n) is 4.55. The van der Waals surface area contributed by atoms with Crippen LogP contribution < -0.4 is 15.5 Å². The lowest BCUT2D eigenvalue weighted by atomic mass is 10.3. The van der Waals surface area contributed by atoms with Gasteiger partial charge < -0.3 is 20.0 Å². The molecule has 0 radical (unpaired) electrons. The Morgan fingerprint density at radius 3 is 2.65 bits per heavy atom. The number of thiophene rings is 1. The first-order valence-electron chi connectivity index (χ1n) is 8.37. The van der Waals surface area contributed by atoms with Gasteiger partial charge in [0.15, 0.2) is 11.4 Å². The monoisotopic (exact) mass is 367 g/mol. The summed E-state index contributed by atoms with van der Waals surface area (Å²) in [5, 5.41) is 8.68. The minimum Gasteiger partial charge on any atom is -0.461 e. The van der Waals surface area contributed by atoms with Gasteiger partial charge in [-0.2, -0.15) is 20.8 Å². The minimum atomic E-state index is 0.322. The van der Waals surface area contributed by atoms with E-state index in [0.717, 1.165) is 32.0 Å². The molecular formula is C17H17N7OS. The SMILES string of the molecule is Nc1nc(N2CCN(c3ccsc3)CC2)cc2nc(-c3ccco3)nn12. The van der Waals surface area contributed by atoms with Crippen molar-refractivity contribution in [3.05, 3.63) is 41.3 Å². The number of fused-ring (bicyclic) bond motifs is 1. The number of aromatic nitrogens is 4. The molecule has 1 fully saturated rings. The van der Waals surface area contributed by atoms with Crippen LogP contribution in [0, 0.1) is 0 Å². The van der Waals surface area contributed by atoms with E-state index in [2.05, 4.69) is 41.7 Å². The van der Waals surface area contributed by atoms with Crippen LogP contribution in [-0.4, -0.2) is 45.8 Å². The molecular weight excluding hydrogens is 350 g/mol. The van der Waals surface area contributed by atoms with Crippen LogP contribution >= 0.6 is 11.3 Å². The molecule has 0 aliphatic carbocycles. The average Bonchev–Trinajstić information content (AvgIpc) is 3.41. The molecule has 0 aromatic carbocycles. The highest BCUT2D eigenvalue weighted by Crippen LogP contribution is 2.24. The van der Waals surface area contributed by atoms with Crippen LogP contribution in [0.4, 0.5) is 17.5 Å². The summed E-state index contributed by atoms with van der Waals surface area (Å²) in [6, 6.07) is 7.72. The summed E-state index contributed by atoms with van der Waals surface area (Å²) in [6.45, 7) is 3.68. The fourth-order valence-corrected chi connectivity index (χ4v) is 3.87. The number of rotatable bonds is 3. The third kappa shape index (κ3) is 2.57. The maximum Gasteiger partial charge on any atom is 0.225 e. The van der Waals surface area contributed by atoms with Crippen LogP contribution in [-0.2, 0) is 0 Å². The van der Waals surface area contributed by atoms with Gasteiger partial charge in [0.2, 0.25) is 11.8 Å². The molecule has 5 rings (SSSR count). The summed E-state index contributed by atoms with van der Waals surface area (Å²) in [7, 11) is 0. The molecule has 26 heavy (non-hydrogen) atoms. The van der Waals surface area contributed by atoms with E-state index in [4.69, 9.17) is 10.2 Å². The highest BCUT2D eigenvalue weighted by atomic mass is 32.1. The number of hydrogen-bond acceptors (Lipinski definition) is 8. The standard InChI is InChI=1S/C17H17N7OS/c18-17-20-14(23-6-4-22(5-7-23)12-3-9-26-11-12)10-15-19-16(21-24(15)17)13-2-1-8-25-13/h1-3,8-11H,4-7H2,(H2,18,20). The van der Waals surface area contributed by atoms with E-state index in [1.54, 1.807) is 28.2 Å². The molecule has 1 saturated heterocycles. The Kier molecular flexibility index (Phi) is 3.52. The van der Waals surface area contributed by atoms with Gasteiger partial charge in [0.25, 0.3) is 0 Å². The van der Waals surface area contributed by atoms with E-state index in [0.29, 0.717) is 23.2 Å². The largest absolute Gasteiger partial charge is 0.461 e. The molecule has 4 aromatic heterocycles. The van der Waals surface area contributed by atoms with Crippen LogP contribution in [0.2, 0.25) is 0 Å². The molecule has 0 spiro atoms. The minimum absolute atomic E-state index is 0.322. The van der Waals surface area contributed by atoms with E-state index in [9.17, 15) is 0 Å². The normalized spacial score (nSPS) is 15.1. The molecule has 1 aliphatic rings. The fraction of sp³-hybridized carbons (Fsp3) is 0.235. The summed E-state index contributed by atoms with van der Waals surface area (Å²) >= 11 is 1.73. The van der Waals surface area contributed by atoms with Crippen molar-refractivity contribution >= 4 is 34.4 Å². The second-order valence-corrected chi connectivity index (χ2v) is 6.89. The van der Waals surface area contributed by atoms with Crippen molar-refractivity contribution < 1.29 is 4.42 Å². The van der Waals surface area contributed by atoms with Gasteiger partial charge in [-0.1, -0.05) is 0 Å². The first-order valence-corrected chi connectivity index (χ1v) is 9.31. The molecule has 5 heterocycles. The highest BCUT2D eigenvalue weighted by molar-refractivity contribution is 7.08. The van der Waals surface area contributed by atoms with Crippen LogP contribution in [0.25, 0.3) is 17.2 Å². The van der Waals surface area contributed by atoms with Crippen LogP contribution in [0.1, 0.15) is 0 Å². The van der Waals surface area contributed by atoms with Gasteiger partial charge in [-0.25, -0.2) is 4.98 Å². The van der Waals surface area contributed by atoms with E-state index in [-0.39, 0.29) is 0 Å². The predicted octanol–water partition coefficient (Wildman–Crippen LogP) is 2.35. The predicted molar refractivity (Wildman–Crippen MR) is 102 cm³/mol. The van der Waals surface area contributed by atoms with Gasteiger partial charge in [0.05, 0.1) is 6.26 Å². The van der Waals surface area contributed by atoms with Crippen molar-refractivity contribution in [2.24, 2.45) is 0 Å². The number of nitrogens with zero attached hydrogens (tertiary/aromatic N) is 6. The maximum absolute atomic E-state index is 6.12. The number of hydrogen-bond donors (Lipinski definition) is 1. The molecule has 8 nitrogen and oxygen atoms in total. The first kappa shape index (κ1) is 15.2. The van der Waals surface area contributed by atoms with Gasteiger partial charge in [-0.15, -0.1) is 5.10 Å². The molecule has 2 N–H and O–H groups in total. The Labute approximate surface area is 153 Å². The lowest BCUT2D eigenvalue weighted by molar-refractivity contribution is 0.577. The molecule has 4 aromatic rings. The molecule has 0 saturated carbocycles. The highest BCUT2D eigenvalue weighted by Gasteiger charge is 2.21. The van der Waals surface area contributed by atoms with Crippen molar-refractivity contribution in [2.45, 2.75) is 0 Å². The van der Waals surface area contributed by atoms with Crippen molar-refractivity contribution in [3.8, 4) is 11.6 Å². The summed E-state index contributed by atoms with van der Waals surface area (Å²) in [5.41, 5.74) is 8.07. The number of piperazine rings is 1. The molecule has 1 aliphatic heterocycles. The Balaban J connectivity index is 1.41. The number of nitrogens with two attached hydrogens (primary N) is 1. The third-order valence-corrected chi connectivity index (χ3v) is 5.22. The zero-order valence-electron chi connectivity index (χ0n) is 13.9.